The van der Waals surface area contributed by atoms with E-state index in [1.165, 1.54) is 0 Å². The molecule has 2 aromatic carbocycles. The highest BCUT2D eigenvalue weighted by atomic mass is 16.6. The fourth-order valence-electron chi connectivity index (χ4n) is 2.63. The minimum absolute atomic E-state index is 0.0835. The Morgan fingerprint density at radius 1 is 0.933 bits per heavy atom. The van der Waals surface area contributed by atoms with Crippen LogP contribution in [0, 0.1) is 34.1 Å². The number of nitro groups is 2. The number of aryl methyl sites for hydroxylation is 2. The molecule has 11 heteroatoms. The molecule has 0 radical (unpaired) electrons. The van der Waals surface area contributed by atoms with Gasteiger partial charge >= 0.3 is 6.01 Å². The van der Waals surface area contributed by atoms with E-state index in [-0.39, 0.29) is 17.3 Å². The summed E-state index contributed by atoms with van der Waals surface area (Å²) in [5.41, 5.74) is -0.311. The predicted octanol–water partition coefficient (Wildman–Crippen LogP) is 3.95. The molecule has 11 nitrogen and oxygen atoms in total. The lowest BCUT2D eigenvalue weighted by Crippen LogP contribution is -2.16. The maximum Gasteiger partial charge on any atom is 0.322 e. The number of non-ortho nitro benzene ring substituents is 2. The highest BCUT2D eigenvalue weighted by molar-refractivity contribution is 6.05. The Morgan fingerprint density at radius 3 is 1.97 bits per heavy atom. The van der Waals surface area contributed by atoms with Gasteiger partial charge in [0.25, 0.3) is 17.3 Å². The molecule has 0 atom stereocenters. The summed E-state index contributed by atoms with van der Waals surface area (Å²) in [7, 11) is 0. The van der Waals surface area contributed by atoms with E-state index in [9.17, 15) is 25.0 Å². The molecule has 0 spiro atoms. The lowest BCUT2D eigenvalue weighted by atomic mass is 10.1. The summed E-state index contributed by atoms with van der Waals surface area (Å²) in [6.07, 6.45) is 0. The van der Waals surface area contributed by atoms with Gasteiger partial charge < -0.3 is 10.1 Å². The molecule has 1 amide bonds. The molecule has 3 aromatic rings. The van der Waals surface area contributed by atoms with Crippen LogP contribution in [0.1, 0.15) is 21.7 Å². The number of nitrogens with zero attached hydrogens (tertiary/aromatic N) is 4. The number of carbonyl (C=O) groups excluding carboxylic acids is 1. The number of nitro benzene ring substituents is 2. The average molecular weight is 409 g/mol. The van der Waals surface area contributed by atoms with Crippen LogP contribution in [0.15, 0.2) is 48.5 Å². The van der Waals surface area contributed by atoms with Crippen molar-refractivity contribution >= 4 is 23.0 Å². The summed E-state index contributed by atoms with van der Waals surface area (Å²) in [6, 6.07) is 11.7. The van der Waals surface area contributed by atoms with Crippen LogP contribution >= 0.6 is 0 Å². The van der Waals surface area contributed by atoms with Crippen molar-refractivity contribution in [3.05, 3.63) is 85.7 Å². The first kappa shape index (κ1) is 20.3. The molecule has 0 fully saturated rings. The second-order valence-electron chi connectivity index (χ2n) is 6.17. The summed E-state index contributed by atoms with van der Waals surface area (Å²) in [6.45, 7) is 3.25. The number of para-hydroxylation sites is 1. The number of rotatable bonds is 6. The number of ether oxygens (including phenoxy) is 1. The van der Waals surface area contributed by atoms with Gasteiger partial charge in [-0.2, -0.15) is 9.97 Å². The first-order chi connectivity index (χ1) is 14.2. The maximum atomic E-state index is 12.6. The quantitative estimate of drug-likeness (QED) is 0.475. The summed E-state index contributed by atoms with van der Waals surface area (Å²) in [5, 5.41) is 24.6. The topological polar surface area (TPSA) is 150 Å². The normalized spacial score (nSPS) is 10.3. The van der Waals surface area contributed by atoms with Gasteiger partial charge in [0, 0.05) is 12.1 Å². The Hall–Kier alpha value is -4.41. The van der Waals surface area contributed by atoms with Gasteiger partial charge in [-0.05, 0) is 26.0 Å². The number of carbonyl (C=O) groups is 1. The molecule has 0 aliphatic rings. The Kier molecular flexibility index (Phi) is 5.63. The van der Waals surface area contributed by atoms with E-state index in [4.69, 9.17) is 4.74 Å². The van der Waals surface area contributed by atoms with E-state index < -0.39 is 27.1 Å². The summed E-state index contributed by atoms with van der Waals surface area (Å²) < 4.78 is 5.58. The van der Waals surface area contributed by atoms with Crippen molar-refractivity contribution in [3.8, 4) is 11.8 Å². The second-order valence-corrected chi connectivity index (χ2v) is 6.17. The van der Waals surface area contributed by atoms with E-state index >= 15 is 0 Å². The van der Waals surface area contributed by atoms with E-state index in [1.54, 1.807) is 38.1 Å². The molecule has 1 N–H and O–H groups in total. The van der Waals surface area contributed by atoms with Gasteiger partial charge in [0.05, 0.1) is 38.6 Å². The van der Waals surface area contributed by atoms with Crippen molar-refractivity contribution in [2.24, 2.45) is 0 Å². The van der Waals surface area contributed by atoms with Crippen molar-refractivity contribution in [2.75, 3.05) is 5.32 Å². The molecular formula is C19H15N5O6. The second kappa shape index (κ2) is 8.31. The molecule has 1 heterocycles. The van der Waals surface area contributed by atoms with Gasteiger partial charge in [-0.1, -0.05) is 18.2 Å². The predicted molar refractivity (Wildman–Crippen MR) is 106 cm³/mol. The van der Waals surface area contributed by atoms with E-state index in [0.29, 0.717) is 17.1 Å². The van der Waals surface area contributed by atoms with Gasteiger partial charge in [-0.3, -0.25) is 25.0 Å². The Balaban J connectivity index is 1.88. The van der Waals surface area contributed by atoms with Crippen LogP contribution in [0.5, 0.6) is 11.8 Å². The molecule has 0 aliphatic heterocycles. The highest BCUT2D eigenvalue weighted by Gasteiger charge is 2.21. The molecule has 0 saturated carbocycles. The van der Waals surface area contributed by atoms with Crippen LogP contribution in [0.25, 0.3) is 0 Å². The van der Waals surface area contributed by atoms with Gasteiger partial charge in [-0.25, -0.2) is 0 Å². The third-order valence-corrected chi connectivity index (χ3v) is 4.03. The molecular weight excluding hydrogens is 394 g/mol. The molecule has 0 aliphatic carbocycles. The Bertz CT molecular complexity index is 1090. The molecule has 0 bridgehead atoms. The first-order valence-corrected chi connectivity index (χ1v) is 8.58. The number of anilines is 1. The van der Waals surface area contributed by atoms with Crippen molar-refractivity contribution in [1.82, 2.24) is 9.97 Å². The zero-order valence-corrected chi connectivity index (χ0v) is 15.9. The largest absolute Gasteiger partial charge is 0.424 e. The van der Waals surface area contributed by atoms with E-state index in [0.717, 1.165) is 18.2 Å². The lowest BCUT2D eigenvalue weighted by Gasteiger charge is -2.12. The number of hydrogen-bond donors (Lipinski definition) is 1. The van der Waals surface area contributed by atoms with Gasteiger partial charge in [0.2, 0.25) is 0 Å². The van der Waals surface area contributed by atoms with Crippen LogP contribution in [0.4, 0.5) is 17.1 Å². The van der Waals surface area contributed by atoms with E-state index in [2.05, 4.69) is 15.3 Å². The van der Waals surface area contributed by atoms with Crippen LogP contribution < -0.4 is 10.1 Å². The average Bonchev–Trinajstić information content (AvgIpc) is 2.71. The van der Waals surface area contributed by atoms with Crippen molar-refractivity contribution in [2.45, 2.75) is 13.8 Å². The smallest absolute Gasteiger partial charge is 0.322 e. The number of hydrogen-bond acceptors (Lipinski definition) is 8. The van der Waals surface area contributed by atoms with Crippen LogP contribution in [0.2, 0.25) is 0 Å². The monoisotopic (exact) mass is 409 g/mol. The zero-order chi connectivity index (χ0) is 21.8. The number of aromatic nitrogens is 2. The molecule has 152 valence electrons. The fraction of sp³-hybridized carbons (Fsp3) is 0.105. The standard InChI is InChI=1S/C19H15N5O6/c1-11-17(12(2)21-19(20-11)30-16-6-4-3-5-7-16)22-18(25)13-8-14(23(26)27)10-15(9-13)24(28)29/h3-10H,1-2H3,(H,22,25). The number of nitrogens with one attached hydrogen (secondary N) is 1. The van der Waals surface area contributed by atoms with Gasteiger partial charge in [-0.15, -0.1) is 0 Å². The lowest BCUT2D eigenvalue weighted by molar-refractivity contribution is -0.394. The van der Waals surface area contributed by atoms with E-state index in [1.807, 2.05) is 6.07 Å². The molecule has 0 unspecified atom stereocenters. The highest BCUT2D eigenvalue weighted by Crippen LogP contribution is 2.26. The minimum Gasteiger partial charge on any atom is -0.424 e. The third kappa shape index (κ3) is 4.52. The SMILES string of the molecule is Cc1nc(Oc2ccccc2)nc(C)c1NC(=O)c1cc([N+](=O)[O-])cc([N+](=O)[O-])c1. The maximum absolute atomic E-state index is 12.6. The van der Waals surface area contributed by atoms with Crippen molar-refractivity contribution in [3.63, 3.8) is 0 Å². The van der Waals surface area contributed by atoms with Crippen LogP contribution in [-0.4, -0.2) is 25.7 Å². The van der Waals surface area contributed by atoms with Crippen LogP contribution in [0.3, 0.4) is 0 Å². The molecule has 30 heavy (non-hydrogen) atoms. The third-order valence-electron chi connectivity index (χ3n) is 4.03. The van der Waals surface area contributed by atoms with Crippen molar-refractivity contribution < 1.29 is 19.4 Å². The summed E-state index contributed by atoms with van der Waals surface area (Å²) >= 11 is 0. The Morgan fingerprint density at radius 2 is 1.47 bits per heavy atom. The number of amides is 1. The van der Waals surface area contributed by atoms with Crippen molar-refractivity contribution in [1.29, 1.82) is 0 Å². The molecule has 3 rings (SSSR count). The Labute approximate surface area is 169 Å². The number of benzene rings is 2. The van der Waals surface area contributed by atoms with Crippen LogP contribution in [-0.2, 0) is 0 Å². The fourth-order valence-corrected chi connectivity index (χ4v) is 2.63. The molecule has 1 aromatic heterocycles. The minimum atomic E-state index is -0.806. The summed E-state index contributed by atoms with van der Waals surface area (Å²) in [4.78, 5) is 41.4. The summed E-state index contributed by atoms with van der Waals surface area (Å²) in [5.74, 6) is -0.231. The first-order valence-electron chi connectivity index (χ1n) is 8.58. The molecule has 0 saturated heterocycles. The van der Waals surface area contributed by atoms with Gasteiger partial charge in [0.1, 0.15) is 5.75 Å². The zero-order valence-electron chi connectivity index (χ0n) is 15.9. The van der Waals surface area contributed by atoms with Gasteiger partial charge in [0.15, 0.2) is 0 Å².